The van der Waals surface area contributed by atoms with E-state index in [1.54, 1.807) is 6.20 Å². The fourth-order valence-corrected chi connectivity index (χ4v) is 2.23. The molecule has 1 aliphatic heterocycles. The molecule has 4 nitrogen and oxygen atoms in total. The van der Waals surface area contributed by atoms with Crippen LogP contribution in [0, 0.1) is 5.41 Å². The third-order valence-corrected chi connectivity index (χ3v) is 3.63. The van der Waals surface area contributed by atoms with Gasteiger partial charge in [-0.05, 0) is 18.3 Å². The number of hydrogen-bond acceptors (Lipinski definition) is 4. The minimum Gasteiger partial charge on any atom is -0.357 e. The molecular formula is C12H19ClN4. The van der Waals surface area contributed by atoms with Crippen molar-refractivity contribution >= 4 is 23.4 Å². The monoisotopic (exact) mass is 254 g/mol. The van der Waals surface area contributed by atoms with E-state index in [0.29, 0.717) is 16.4 Å². The van der Waals surface area contributed by atoms with Crippen molar-refractivity contribution in [2.24, 2.45) is 5.41 Å². The highest BCUT2D eigenvalue weighted by molar-refractivity contribution is 6.32. The molecule has 1 saturated heterocycles. The van der Waals surface area contributed by atoms with E-state index < -0.39 is 0 Å². The molecule has 1 N–H and O–H groups in total. The average molecular weight is 255 g/mol. The lowest BCUT2D eigenvalue weighted by Crippen LogP contribution is -2.38. The summed E-state index contributed by atoms with van der Waals surface area (Å²) in [5.41, 5.74) is 0.432. The van der Waals surface area contributed by atoms with E-state index in [1.165, 1.54) is 12.8 Å². The second kappa shape index (κ2) is 4.69. The molecule has 17 heavy (non-hydrogen) atoms. The molecule has 0 spiro atoms. The van der Waals surface area contributed by atoms with Gasteiger partial charge in [0.05, 0.1) is 6.20 Å². The molecule has 0 aliphatic carbocycles. The van der Waals surface area contributed by atoms with Crippen LogP contribution in [-0.2, 0) is 0 Å². The Balaban J connectivity index is 2.17. The van der Waals surface area contributed by atoms with Crippen molar-refractivity contribution in [1.82, 2.24) is 9.97 Å². The van der Waals surface area contributed by atoms with Gasteiger partial charge in [-0.3, -0.25) is 0 Å². The Bertz CT molecular complexity index is 395. The highest BCUT2D eigenvalue weighted by Crippen LogP contribution is 2.33. The third-order valence-electron chi connectivity index (χ3n) is 3.37. The first-order valence-electron chi connectivity index (χ1n) is 5.97. The summed E-state index contributed by atoms with van der Waals surface area (Å²) >= 11 is 6.16. The number of hydrogen-bond donors (Lipinski definition) is 1. The minimum atomic E-state index is 0.432. The van der Waals surface area contributed by atoms with Gasteiger partial charge in [-0.1, -0.05) is 25.4 Å². The van der Waals surface area contributed by atoms with E-state index >= 15 is 0 Å². The summed E-state index contributed by atoms with van der Waals surface area (Å²) in [7, 11) is 1.81. The molecule has 0 atom stereocenters. The highest BCUT2D eigenvalue weighted by Gasteiger charge is 2.27. The van der Waals surface area contributed by atoms with E-state index in [1.807, 2.05) is 7.05 Å². The number of halogens is 1. The molecule has 2 heterocycles. The summed E-state index contributed by atoms with van der Waals surface area (Å²) < 4.78 is 0. The fraction of sp³-hybridized carbons (Fsp3) is 0.667. The van der Waals surface area contributed by atoms with Crippen molar-refractivity contribution in [3.8, 4) is 0 Å². The number of nitrogens with zero attached hydrogens (tertiary/aromatic N) is 3. The zero-order chi connectivity index (χ0) is 12.5. The van der Waals surface area contributed by atoms with E-state index in [2.05, 4.69) is 34.0 Å². The van der Waals surface area contributed by atoms with Gasteiger partial charge in [-0.15, -0.1) is 0 Å². The molecular weight excluding hydrogens is 236 g/mol. The SMILES string of the molecule is CNc1ncc(Cl)c(N2CCC(C)(C)CC2)n1. The van der Waals surface area contributed by atoms with Gasteiger partial charge in [0, 0.05) is 20.1 Å². The minimum absolute atomic E-state index is 0.432. The third kappa shape index (κ3) is 2.80. The molecule has 94 valence electrons. The highest BCUT2D eigenvalue weighted by atomic mass is 35.5. The maximum atomic E-state index is 6.16. The van der Waals surface area contributed by atoms with Crippen LogP contribution in [0.25, 0.3) is 0 Å². The summed E-state index contributed by atoms with van der Waals surface area (Å²) in [6.45, 7) is 6.63. The number of piperidine rings is 1. The smallest absolute Gasteiger partial charge is 0.224 e. The van der Waals surface area contributed by atoms with Gasteiger partial charge in [-0.25, -0.2) is 4.98 Å². The molecule has 0 unspecified atom stereocenters. The summed E-state index contributed by atoms with van der Waals surface area (Å²) in [4.78, 5) is 10.8. The van der Waals surface area contributed by atoms with E-state index in [-0.39, 0.29) is 0 Å². The van der Waals surface area contributed by atoms with Crippen LogP contribution < -0.4 is 10.2 Å². The molecule has 2 rings (SSSR count). The number of aromatic nitrogens is 2. The van der Waals surface area contributed by atoms with Gasteiger partial charge in [-0.2, -0.15) is 4.98 Å². The van der Waals surface area contributed by atoms with Crippen molar-refractivity contribution < 1.29 is 0 Å². The van der Waals surface area contributed by atoms with Crippen LogP contribution in [0.15, 0.2) is 6.20 Å². The van der Waals surface area contributed by atoms with Gasteiger partial charge < -0.3 is 10.2 Å². The Morgan fingerprint density at radius 1 is 1.35 bits per heavy atom. The Morgan fingerprint density at radius 3 is 2.59 bits per heavy atom. The molecule has 0 radical (unpaired) electrons. The predicted molar refractivity (Wildman–Crippen MR) is 71.8 cm³/mol. The first-order valence-corrected chi connectivity index (χ1v) is 6.35. The molecule has 0 bridgehead atoms. The number of anilines is 2. The lowest BCUT2D eigenvalue weighted by molar-refractivity contribution is 0.279. The van der Waals surface area contributed by atoms with Crippen LogP contribution in [0.1, 0.15) is 26.7 Å². The molecule has 0 saturated carbocycles. The molecule has 1 fully saturated rings. The topological polar surface area (TPSA) is 41.1 Å². The normalized spacial score (nSPS) is 19.2. The zero-order valence-corrected chi connectivity index (χ0v) is 11.4. The molecule has 5 heteroatoms. The first kappa shape index (κ1) is 12.4. The van der Waals surface area contributed by atoms with Crippen molar-refractivity contribution in [2.75, 3.05) is 30.4 Å². The Kier molecular flexibility index (Phi) is 3.43. The second-order valence-corrected chi connectivity index (χ2v) is 5.67. The summed E-state index contributed by atoms with van der Waals surface area (Å²) in [5.74, 6) is 1.47. The van der Waals surface area contributed by atoms with E-state index in [0.717, 1.165) is 18.9 Å². The summed E-state index contributed by atoms with van der Waals surface area (Å²) in [6.07, 6.45) is 4.00. The van der Waals surface area contributed by atoms with Crippen molar-refractivity contribution in [2.45, 2.75) is 26.7 Å². The van der Waals surface area contributed by atoms with Crippen molar-refractivity contribution in [1.29, 1.82) is 0 Å². The molecule has 0 amide bonds. The van der Waals surface area contributed by atoms with Gasteiger partial charge >= 0.3 is 0 Å². The second-order valence-electron chi connectivity index (χ2n) is 5.27. The molecule has 0 aromatic carbocycles. The van der Waals surface area contributed by atoms with Crippen LogP contribution >= 0.6 is 11.6 Å². The van der Waals surface area contributed by atoms with Gasteiger partial charge in [0.2, 0.25) is 5.95 Å². The maximum Gasteiger partial charge on any atom is 0.224 e. The zero-order valence-electron chi connectivity index (χ0n) is 10.6. The quantitative estimate of drug-likeness (QED) is 0.881. The lowest BCUT2D eigenvalue weighted by atomic mass is 9.83. The lowest BCUT2D eigenvalue weighted by Gasteiger charge is -2.37. The van der Waals surface area contributed by atoms with E-state index in [4.69, 9.17) is 11.6 Å². The Labute approximate surface area is 107 Å². The van der Waals surface area contributed by atoms with Crippen molar-refractivity contribution in [3.05, 3.63) is 11.2 Å². The fourth-order valence-electron chi connectivity index (χ4n) is 2.02. The Hall–Kier alpha value is -1.03. The molecule has 1 aromatic heterocycles. The van der Waals surface area contributed by atoms with Crippen LogP contribution in [0.4, 0.5) is 11.8 Å². The van der Waals surface area contributed by atoms with Gasteiger partial charge in [0.1, 0.15) is 5.02 Å². The maximum absolute atomic E-state index is 6.16. The number of nitrogens with one attached hydrogen (secondary N) is 1. The van der Waals surface area contributed by atoms with Gasteiger partial charge in [0.25, 0.3) is 0 Å². The van der Waals surface area contributed by atoms with Crippen LogP contribution in [-0.4, -0.2) is 30.1 Å². The van der Waals surface area contributed by atoms with Gasteiger partial charge in [0.15, 0.2) is 5.82 Å². The van der Waals surface area contributed by atoms with Crippen molar-refractivity contribution in [3.63, 3.8) is 0 Å². The largest absolute Gasteiger partial charge is 0.357 e. The standard InChI is InChI=1S/C12H19ClN4/c1-12(2)4-6-17(7-5-12)10-9(13)8-15-11(14-3)16-10/h8H,4-7H2,1-3H3,(H,14,15,16). The molecule has 1 aliphatic rings. The summed E-state index contributed by atoms with van der Waals surface area (Å²) in [6, 6.07) is 0. The van der Waals surface area contributed by atoms with E-state index in [9.17, 15) is 0 Å². The van der Waals surface area contributed by atoms with Crippen LogP contribution in [0.2, 0.25) is 5.02 Å². The summed E-state index contributed by atoms with van der Waals surface area (Å²) in [5, 5.41) is 3.57. The predicted octanol–water partition coefficient (Wildman–Crippen LogP) is 2.80. The van der Waals surface area contributed by atoms with Crippen LogP contribution in [0.5, 0.6) is 0 Å². The average Bonchev–Trinajstić information content (AvgIpc) is 2.30. The Morgan fingerprint density at radius 2 is 2.00 bits per heavy atom. The molecule has 1 aromatic rings. The first-order chi connectivity index (χ1) is 8.02. The van der Waals surface area contributed by atoms with Crippen LogP contribution in [0.3, 0.4) is 0 Å². The number of rotatable bonds is 2.